The van der Waals surface area contributed by atoms with Crippen LogP contribution in [0.4, 0.5) is 0 Å². The van der Waals surface area contributed by atoms with Gasteiger partial charge in [-0.3, -0.25) is 9.69 Å². The van der Waals surface area contributed by atoms with Crippen molar-refractivity contribution in [3.63, 3.8) is 0 Å². The van der Waals surface area contributed by atoms with Crippen molar-refractivity contribution in [1.29, 1.82) is 0 Å². The summed E-state index contributed by atoms with van der Waals surface area (Å²) in [6.45, 7) is 2.31. The van der Waals surface area contributed by atoms with E-state index < -0.39 is 5.41 Å². The molecule has 3 rings (SSSR count). The normalized spacial score (nSPS) is 32.4. The smallest absolute Gasteiger partial charge is 0.233 e. The van der Waals surface area contributed by atoms with Crippen LogP contribution in [0.15, 0.2) is 0 Å². The lowest BCUT2D eigenvalue weighted by molar-refractivity contribution is -0.129. The average Bonchev–Trinajstić information content (AvgIpc) is 2.96. The minimum atomic E-state index is -0.585. The second-order valence-electron chi connectivity index (χ2n) is 6.97. The fourth-order valence-electron chi connectivity index (χ4n) is 4.47. The van der Waals surface area contributed by atoms with E-state index in [0.717, 1.165) is 38.6 Å². The first-order chi connectivity index (χ1) is 10.1. The molecule has 3 aliphatic rings. The van der Waals surface area contributed by atoms with Crippen molar-refractivity contribution in [2.24, 2.45) is 11.1 Å². The molecule has 21 heavy (non-hydrogen) atoms. The summed E-state index contributed by atoms with van der Waals surface area (Å²) in [5.41, 5.74) is 5.43. The Morgan fingerprint density at radius 2 is 1.81 bits per heavy atom. The highest BCUT2D eigenvalue weighted by molar-refractivity contribution is 7.80. The summed E-state index contributed by atoms with van der Waals surface area (Å²) in [5.74, 6) is 0.107. The Morgan fingerprint density at radius 1 is 1.10 bits per heavy atom. The van der Waals surface area contributed by atoms with Gasteiger partial charge in [0, 0.05) is 18.6 Å². The zero-order valence-corrected chi connectivity index (χ0v) is 13.6. The van der Waals surface area contributed by atoms with E-state index in [9.17, 15) is 4.79 Å². The number of nitrogens with zero attached hydrogens (tertiary/aromatic N) is 1. The van der Waals surface area contributed by atoms with E-state index in [4.69, 9.17) is 18.0 Å². The number of nitrogens with two attached hydrogens (primary N) is 1. The lowest BCUT2D eigenvalue weighted by Crippen LogP contribution is -2.53. The molecule has 5 heteroatoms. The van der Waals surface area contributed by atoms with Gasteiger partial charge in [0.05, 0.1) is 10.4 Å². The van der Waals surface area contributed by atoms with Crippen LogP contribution in [0.2, 0.25) is 0 Å². The molecule has 3 fully saturated rings. The van der Waals surface area contributed by atoms with Crippen LogP contribution >= 0.6 is 12.2 Å². The van der Waals surface area contributed by atoms with E-state index in [1.165, 1.54) is 32.2 Å². The molecule has 1 aliphatic carbocycles. The van der Waals surface area contributed by atoms with E-state index in [-0.39, 0.29) is 5.91 Å². The van der Waals surface area contributed by atoms with Gasteiger partial charge in [-0.1, -0.05) is 37.9 Å². The monoisotopic (exact) mass is 309 g/mol. The zero-order chi connectivity index (χ0) is 14.9. The molecule has 2 saturated heterocycles. The van der Waals surface area contributed by atoms with E-state index in [0.29, 0.717) is 17.1 Å². The topological polar surface area (TPSA) is 58.4 Å². The number of carbonyl (C=O) groups excluding carboxylic acids is 1. The third-order valence-corrected chi connectivity index (χ3v) is 6.18. The van der Waals surface area contributed by atoms with E-state index in [1.54, 1.807) is 0 Å². The quantitative estimate of drug-likeness (QED) is 0.618. The lowest BCUT2D eigenvalue weighted by Gasteiger charge is -2.32. The van der Waals surface area contributed by atoms with Gasteiger partial charge >= 0.3 is 0 Å². The Labute approximate surface area is 132 Å². The maximum Gasteiger partial charge on any atom is 0.233 e. The van der Waals surface area contributed by atoms with Crippen LogP contribution in [-0.2, 0) is 4.79 Å². The second-order valence-corrected chi connectivity index (χ2v) is 7.41. The molecule has 1 amide bonds. The molecule has 2 atom stereocenters. The fraction of sp³-hybridized carbons (Fsp3) is 0.875. The molecule has 4 nitrogen and oxygen atoms in total. The Morgan fingerprint density at radius 3 is 2.48 bits per heavy atom. The summed E-state index contributed by atoms with van der Waals surface area (Å²) in [6.07, 6.45) is 9.71. The molecule has 0 aromatic rings. The first-order valence-corrected chi connectivity index (χ1v) is 8.89. The molecule has 1 saturated carbocycles. The maximum atomic E-state index is 13.0. The van der Waals surface area contributed by atoms with Gasteiger partial charge in [-0.05, 0) is 38.6 Å². The largest absolute Gasteiger partial charge is 0.392 e. The first kappa shape index (κ1) is 15.2. The van der Waals surface area contributed by atoms with Gasteiger partial charge in [0.25, 0.3) is 0 Å². The Balaban J connectivity index is 1.71. The first-order valence-electron chi connectivity index (χ1n) is 8.48. The number of thiocarbonyl (C=S) groups is 1. The highest BCUT2D eigenvalue weighted by atomic mass is 32.1. The number of nitrogens with one attached hydrogen (secondary N) is 1. The fourth-order valence-corrected chi connectivity index (χ4v) is 4.77. The molecule has 118 valence electrons. The van der Waals surface area contributed by atoms with Gasteiger partial charge in [-0.2, -0.15) is 0 Å². The molecule has 3 N–H and O–H groups in total. The summed E-state index contributed by atoms with van der Waals surface area (Å²) in [7, 11) is 0. The second kappa shape index (κ2) is 6.21. The van der Waals surface area contributed by atoms with Crippen molar-refractivity contribution < 1.29 is 4.79 Å². The third-order valence-electron chi connectivity index (χ3n) is 5.79. The summed E-state index contributed by atoms with van der Waals surface area (Å²) < 4.78 is 0. The van der Waals surface area contributed by atoms with Crippen LogP contribution in [0.5, 0.6) is 0 Å². The van der Waals surface area contributed by atoms with E-state index in [2.05, 4.69) is 10.2 Å². The molecule has 0 aromatic carbocycles. The van der Waals surface area contributed by atoms with Crippen molar-refractivity contribution in [1.82, 2.24) is 10.2 Å². The number of fused-ring (bicyclic) bond motifs is 1. The van der Waals surface area contributed by atoms with Gasteiger partial charge in [0.15, 0.2) is 0 Å². The lowest BCUT2D eigenvalue weighted by atomic mass is 9.79. The highest BCUT2D eigenvalue weighted by Gasteiger charge is 2.45. The minimum Gasteiger partial charge on any atom is -0.392 e. The Kier molecular flexibility index (Phi) is 4.50. The minimum absolute atomic E-state index is 0.107. The Hall–Kier alpha value is -0.680. The molecule has 2 aliphatic heterocycles. The van der Waals surface area contributed by atoms with Crippen LogP contribution in [0.1, 0.15) is 57.8 Å². The standard InChI is InChI=1S/C16H27N3OS/c17-14(21)16(8-3-1-2-4-9-16)15(20)18-12-7-11-19-10-5-6-13(12)19/h12-13H,1-11H2,(H2,17,21)(H,18,20). The summed E-state index contributed by atoms with van der Waals surface area (Å²) >= 11 is 5.30. The molecule has 0 spiro atoms. The summed E-state index contributed by atoms with van der Waals surface area (Å²) in [5, 5.41) is 3.32. The Bertz CT molecular complexity index is 418. The molecule has 0 radical (unpaired) electrons. The van der Waals surface area contributed by atoms with Crippen LogP contribution < -0.4 is 11.1 Å². The molecular weight excluding hydrogens is 282 g/mol. The predicted molar refractivity (Wildman–Crippen MR) is 88.1 cm³/mol. The molecule has 2 heterocycles. The molecule has 2 unspecified atom stereocenters. The third kappa shape index (κ3) is 2.82. The number of hydrogen-bond acceptors (Lipinski definition) is 3. The van der Waals surface area contributed by atoms with Gasteiger partial charge in [-0.25, -0.2) is 0 Å². The van der Waals surface area contributed by atoms with Crippen molar-refractivity contribution in [2.45, 2.75) is 69.9 Å². The highest BCUT2D eigenvalue weighted by Crippen LogP contribution is 2.37. The molecular formula is C16H27N3OS. The van der Waals surface area contributed by atoms with Crippen molar-refractivity contribution in [3.8, 4) is 0 Å². The SMILES string of the molecule is NC(=S)C1(C(=O)NC2CCN3CCCC23)CCCCCC1. The van der Waals surface area contributed by atoms with Gasteiger partial charge < -0.3 is 11.1 Å². The van der Waals surface area contributed by atoms with Crippen molar-refractivity contribution in [2.75, 3.05) is 13.1 Å². The van der Waals surface area contributed by atoms with Crippen LogP contribution in [-0.4, -0.2) is 41.0 Å². The zero-order valence-electron chi connectivity index (χ0n) is 12.8. The van der Waals surface area contributed by atoms with E-state index >= 15 is 0 Å². The van der Waals surface area contributed by atoms with Gasteiger partial charge in [0.1, 0.15) is 0 Å². The van der Waals surface area contributed by atoms with Gasteiger partial charge in [-0.15, -0.1) is 0 Å². The molecule has 0 aromatic heterocycles. The number of rotatable bonds is 3. The van der Waals surface area contributed by atoms with Gasteiger partial charge in [0.2, 0.25) is 5.91 Å². The van der Waals surface area contributed by atoms with Crippen LogP contribution in [0.25, 0.3) is 0 Å². The summed E-state index contributed by atoms with van der Waals surface area (Å²) in [4.78, 5) is 15.9. The number of amides is 1. The number of hydrogen-bond donors (Lipinski definition) is 2. The van der Waals surface area contributed by atoms with E-state index in [1.807, 2.05) is 0 Å². The predicted octanol–water partition coefficient (Wildman–Crippen LogP) is 1.97. The van der Waals surface area contributed by atoms with Crippen molar-refractivity contribution >= 4 is 23.1 Å². The van der Waals surface area contributed by atoms with Crippen molar-refractivity contribution in [3.05, 3.63) is 0 Å². The molecule has 0 bridgehead atoms. The van der Waals surface area contributed by atoms with Crippen LogP contribution in [0, 0.1) is 5.41 Å². The average molecular weight is 309 g/mol. The maximum absolute atomic E-state index is 13.0. The number of carbonyl (C=O) groups is 1. The van der Waals surface area contributed by atoms with Crippen LogP contribution in [0.3, 0.4) is 0 Å². The summed E-state index contributed by atoms with van der Waals surface area (Å²) in [6, 6.07) is 0.845.